The molecule has 2 aromatic rings. The van der Waals surface area contributed by atoms with Crippen LogP contribution in [0.4, 0.5) is 0 Å². The van der Waals surface area contributed by atoms with E-state index in [0.717, 1.165) is 16.3 Å². The maximum atomic E-state index is 11.5. The number of fused-ring (bicyclic) bond motifs is 1. The van der Waals surface area contributed by atoms with Gasteiger partial charge in [0.05, 0.1) is 6.04 Å². The molecule has 2 rings (SSSR count). The Morgan fingerprint density at radius 3 is 2.50 bits per heavy atom. The maximum Gasteiger partial charge on any atom is 0.249 e. The summed E-state index contributed by atoms with van der Waals surface area (Å²) in [5.74, 6) is -0.351. The van der Waals surface area contributed by atoms with Gasteiger partial charge in [-0.2, -0.15) is 0 Å². The van der Waals surface area contributed by atoms with Crippen LogP contribution < -0.4 is 5.32 Å². The average Bonchev–Trinajstić information content (AvgIpc) is 2.37. The van der Waals surface area contributed by atoms with Crippen molar-refractivity contribution in [2.24, 2.45) is 0 Å². The predicted molar refractivity (Wildman–Crippen MR) is 72.2 cm³/mol. The number of carbonyl (C=O) groups excluding carboxylic acids is 1. The summed E-state index contributed by atoms with van der Waals surface area (Å²) in [4.78, 5) is 11.5. The molecule has 0 aliphatic rings. The van der Waals surface area contributed by atoms with Crippen molar-refractivity contribution in [3.05, 3.63) is 48.0 Å². The number of rotatable bonds is 3. The van der Waals surface area contributed by atoms with Crippen molar-refractivity contribution in [2.45, 2.75) is 26.0 Å². The highest BCUT2D eigenvalue weighted by Gasteiger charge is 2.14. The van der Waals surface area contributed by atoms with E-state index in [9.17, 15) is 9.90 Å². The molecule has 2 N–H and O–H groups in total. The highest BCUT2D eigenvalue weighted by Crippen LogP contribution is 2.23. The SMILES string of the molecule is CC(O)C(=O)NC(C)c1cccc2ccccc12. The Labute approximate surface area is 106 Å². The fourth-order valence-electron chi connectivity index (χ4n) is 2.04. The minimum absolute atomic E-state index is 0.127. The Bertz CT molecular complexity index is 558. The Morgan fingerprint density at radius 1 is 1.11 bits per heavy atom. The molecule has 0 saturated carbocycles. The van der Waals surface area contributed by atoms with Crippen molar-refractivity contribution >= 4 is 16.7 Å². The highest BCUT2D eigenvalue weighted by atomic mass is 16.3. The van der Waals surface area contributed by atoms with Crippen LogP contribution in [-0.4, -0.2) is 17.1 Å². The lowest BCUT2D eigenvalue weighted by molar-refractivity contribution is -0.129. The van der Waals surface area contributed by atoms with Crippen molar-refractivity contribution in [2.75, 3.05) is 0 Å². The number of hydrogen-bond acceptors (Lipinski definition) is 2. The molecule has 0 heterocycles. The molecule has 0 bridgehead atoms. The predicted octanol–water partition coefficient (Wildman–Crippen LogP) is 2.40. The molecule has 3 heteroatoms. The molecular weight excluding hydrogens is 226 g/mol. The summed E-state index contributed by atoms with van der Waals surface area (Å²) in [6, 6.07) is 13.9. The van der Waals surface area contributed by atoms with Gasteiger partial charge in [0.2, 0.25) is 5.91 Å². The minimum atomic E-state index is -0.984. The zero-order chi connectivity index (χ0) is 13.1. The third kappa shape index (κ3) is 2.51. The van der Waals surface area contributed by atoms with Gasteiger partial charge in [-0.05, 0) is 30.2 Å². The third-order valence-electron chi connectivity index (χ3n) is 3.03. The van der Waals surface area contributed by atoms with E-state index in [1.165, 1.54) is 6.92 Å². The van der Waals surface area contributed by atoms with Gasteiger partial charge in [-0.3, -0.25) is 4.79 Å². The molecule has 2 unspecified atom stereocenters. The summed E-state index contributed by atoms with van der Waals surface area (Å²) in [5.41, 5.74) is 1.06. The van der Waals surface area contributed by atoms with Crippen LogP contribution >= 0.6 is 0 Å². The van der Waals surface area contributed by atoms with Gasteiger partial charge in [0.1, 0.15) is 6.10 Å². The van der Waals surface area contributed by atoms with Crippen LogP contribution in [0.15, 0.2) is 42.5 Å². The van der Waals surface area contributed by atoms with Gasteiger partial charge < -0.3 is 10.4 Å². The first-order chi connectivity index (χ1) is 8.59. The molecule has 0 saturated heterocycles. The van der Waals surface area contributed by atoms with Gasteiger partial charge in [0, 0.05) is 0 Å². The van der Waals surface area contributed by atoms with E-state index in [1.807, 2.05) is 49.4 Å². The Morgan fingerprint density at radius 2 is 1.78 bits per heavy atom. The molecule has 2 atom stereocenters. The Hall–Kier alpha value is -1.87. The zero-order valence-electron chi connectivity index (χ0n) is 10.6. The second-order valence-electron chi connectivity index (χ2n) is 4.47. The van der Waals surface area contributed by atoms with Crippen molar-refractivity contribution < 1.29 is 9.90 Å². The van der Waals surface area contributed by atoms with E-state index in [4.69, 9.17) is 0 Å². The van der Waals surface area contributed by atoms with Gasteiger partial charge in [0.25, 0.3) is 0 Å². The van der Waals surface area contributed by atoms with E-state index in [2.05, 4.69) is 5.32 Å². The third-order valence-corrected chi connectivity index (χ3v) is 3.03. The second kappa shape index (κ2) is 5.19. The molecule has 0 radical (unpaired) electrons. The number of amides is 1. The molecule has 18 heavy (non-hydrogen) atoms. The van der Waals surface area contributed by atoms with Gasteiger partial charge >= 0.3 is 0 Å². The second-order valence-corrected chi connectivity index (χ2v) is 4.47. The van der Waals surface area contributed by atoms with Crippen LogP contribution in [-0.2, 0) is 4.79 Å². The maximum absolute atomic E-state index is 11.5. The van der Waals surface area contributed by atoms with Crippen LogP contribution in [0.25, 0.3) is 10.8 Å². The number of nitrogens with one attached hydrogen (secondary N) is 1. The zero-order valence-corrected chi connectivity index (χ0v) is 10.6. The van der Waals surface area contributed by atoms with E-state index < -0.39 is 6.10 Å². The topological polar surface area (TPSA) is 49.3 Å². The van der Waals surface area contributed by atoms with Gasteiger partial charge in [-0.1, -0.05) is 42.5 Å². The van der Waals surface area contributed by atoms with Crippen molar-refractivity contribution in [1.29, 1.82) is 0 Å². The van der Waals surface area contributed by atoms with E-state index in [1.54, 1.807) is 0 Å². The molecule has 2 aromatic carbocycles. The molecule has 3 nitrogen and oxygen atoms in total. The van der Waals surface area contributed by atoms with Crippen molar-refractivity contribution in [3.8, 4) is 0 Å². The van der Waals surface area contributed by atoms with E-state index in [0.29, 0.717) is 0 Å². The number of benzene rings is 2. The lowest BCUT2D eigenvalue weighted by atomic mass is 9.99. The average molecular weight is 243 g/mol. The molecule has 0 aliphatic heterocycles. The van der Waals surface area contributed by atoms with Crippen LogP contribution in [0.2, 0.25) is 0 Å². The normalized spacial score (nSPS) is 14.2. The number of aliphatic hydroxyl groups is 1. The number of aliphatic hydroxyl groups excluding tert-OH is 1. The van der Waals surface area contributed by atoms with Crippen LogP contribution in [0.1, 0.15) is 25.5 Å². The Balaban J connectivity index is 2.33. The van der Waals surface area contributed by atoms with E-state index >= 15 is 0 Å². The molecular formula is C15H17NO2. The summed E-state index contributed by atoms with van der Waals surface area (Å²) in [6.45, 7) is 3.38. The highest BCUT2D eigenvalue weighted by molar-refractivity contribution is 5.87. The molecule has 0 spiro atoms. The number of hydrogen-bond donors (Lipinski definition) is 2. The summed E-state index contributed by atoms with van der Waals surface area (Å²) < 4.78 is 0. The molecule has 0 fully saturated rings. The largest absolute Gasteiger partial charge is 0.384 e. The monoisotopic (exact) mass is 243 g/mol. The molecule has 1 amide bonds. The summed E-state index contributed by atoms with van der Waals surface area (Å²) in [7, 11) is 0. The quantitative estimate of drug-likeness (QED) is 0.869. The molecule has 0 aliphatic carbocycles. The lowest BCUT2D eigenvalue weighted by Crippen LogP contribution is -2.34. The van der Waals surface area contributed by atoms with Crippen LogP contribution in [0.5, 0.6) is 0 Å². The van der Waals surface area contributed by atoms with Crippen LogP contribution in [0, 0.1) is 0 Å². The van der Waals surface area contributed by atoms with E-state index in [-0.39, 0.29) is 11.9 Å². The van der Waals surface area contributed by atoms with Crippen LogP contribution in [0.3, 0.4) is 0 Å². The Kier molecular flexibility index (Phi) is 3.63. The van der Waals surface area contributed by atoms with Gasteiger partial charge in [0.15, 0.2) is 0 Å². The fraction of sp³-hybridized carbons (Fsp3) is 0.267. The lowest BCUT2D eigenvalue weighted by Gasteiger charge is -2.17. The first kappa shape index (κ1) is 12.6. The fourth-order valence-corrected chi connectivity index (χ4v) is 2.04. The smallest absolute Gasteiger partial charge is 0.249 e. The summed E-state index contributed by atoms with van der Waals surface area (Å²) >= 11 is 0. The summed E-state index contributed by atoms with van der Waals surface area (Å²) in [5, 5.41) is 14.3. The standard InChI is InChI=1S/C15H17NO2/c1-10(16-15(18)11(2)17)13-9-5-7-12-6-3-4-8-14(12)13/h3-11,17H,1-2H3,(H,16,18). The van der Waals surface area contributed by atoms with Gasteiger partial charge in [-0.15, -0.1) is 0 Å². The molecule has 94 valence electrons. The van der Waals surface area contributed by atoms with Gasteiger partial charge in [-0.25, -0.2) is 0 Å². The minimum Gasteiger partial charge on any atom is -0.384 e. The van der Waals surface area contributed by atoms with Crippen molar-refractivity contribution in [1.82, 2.24) is 5.32 Å². The number of carbonyl (C=O) groups is 1. The summed E-state index contributed by atoms with van der Waals surface area (Å²) in [6.07, 6.45) is -0.984. The van der Waals surface area contributed by atoms with Crippen molar-refractivity contribution in [3.63, 3.8) is 0 Å². The first-order valence-electron chi connectivity index (χ1n) is 6.05. The molecule has 0 aromatic heterocycles. The first-order valence-corrected chi connectivity index (χ1v) is 6.05.